The van der Waals surface area contributed by atoms with Gasteiger partial charge in [0.25, 0.3) is 5.69 Å². The Kier molecular flexibility index (Phi) is 9.85. The monoisotopic (exact) mass is 595 g/mol. The molecule has 0 spiro atoms. The molecule has 2 unspecified atom stereocenters. The molecule has 1 aliphatic rings. The Bertz CT molecular complexity index is 1080. The van der Waals surface area contributed by atoms with Gasteiger partial charge in [0.2, 0.25) is 5.91 Å². The number of nitro benzene ring substituents is 1. The molecule has 0 bridgehead atoms. The van der Waals surface area contributed by atoms with Crippen molar-refractivity contribution < 1.29 is 54.2 Å². The highest BCUT2D eigenvalue weighted by Crippen LogP contribution is 2.42. The Balaban J connectivity index is 2.30. The highest BCUT2D eigenvalue weighted by atomic mass is 32.2. The average molecular weight is 596 g/mol. The molecule has 1 aromatic rings. The Hall–Kier alpha value is -2.69. The van der Waals surface area contributed by atoms with E-state index in [1.54, 1.807) is 0 Å². The number of hydrogen-bond donors (Lipinski definition) is 1. The van der Waals surface area contributed by atoms with Gasteiger partial charge in [0.15, 0.2) is 0 Å². The van der Waals surface area contributed by atoms with Crippen molar-refractivity contribution in [3.05, 3.63) is 39.4 Å². The lowest BCUT2D eigenvalue weighted by Crippen LogP contribution is -2.39. The van der Waals surface area contributed by atoms with E-state index in [4.69, 9.17) is 0 Å². The minimum absolute atomic E-state index is 0.0625. The number of alkyl halides is 8. The van der Waals surface area contributed by atoms with Crippen LogP contribution in [0.15, 0.2) is 18.2 Å². The van der Waals surface area contributed by atoms with Crippen molar-refractivity contribution in [2.45, 2.75) is 68.5 Å². The van der Waals surface area contributed by atoms with E-state index in [0.717, 1.165) is 11.0 Å². The van der Waals surface area contributed by atoms with Gasteiger partial charge in [-0.2, -0.15) is 35.1 Å². The SMILES string of the molecule is CC(C)(CC(CCN1CC(=O)NC1=O)c1ccc([N+](=O)[O-])c(C(F)(F)F)c1)[S+]([O-])CCCC(F)(F)C(F)(F)F. The molecule has 0 saturated carbocycles. The lowest BCUT2D eigenvalue weighted by molar-refractivity contribution is -0.388. The van der Waals surface area contributed by atoms with Crippen LogP contribution in [0.25, 0.3) is 0 Å². The highest BCUT2D eigenvalue weighted by Gasteiger charge is 2.56. The third-order valence-corrected chi connectivity index (χ3v) is 8.26. The number of hydrogen-bond acceptors (Lipinski definition) is 5. The van der Waals surface area contributed by atoms with Gasteiger partial charge in [-0.05, 0) is 55.4 Å². The van der Waals surface area contributed by atoms with Crippen LogP contribution in [0.2, 0.25) is 0 Å². The van der Waals surface area contributed by atoms with E-state index in [9.17, 15) is 59.4 Å². The molecule has 17 heteroatoms. The Morgan fingerprint density at radius 3 is 2.21 bits per heavy atom. The van der Waals surface area contributed by atoms with Gasteiger partial charge < -0.3 is 9.45 Å². The van der Waals surface area contributed by atoms with Gasteiger partial charge in [-0.3, -0.25) is 20.2 Å². The lowest BCUT2D eigenvalue weighted by atomic mass is 9.86. The summed E-state index contributed by atoms with van der Waals surface area (Å²) in [5, 5.41) is 13.2. The summed E-state index contributed by atoms with van der Waals surface area (Å²) in [6, 6.07) is 1.53. The Morgan fingerprint density at radius 2 is 1.72 bits per heavy atom. The van der Waals surface area contributed by atoms with Gasteiger partial charge in [-0.25, -0.2) is 4.79 Å². The van der Waals surface area contributed by atoms with Crippen LogP contribution in [0.1, 0.15) is 56.6 Å². The van der Waals surface area contributed by atoms with Crippen LogP contribution in [0.4, 0.5) is 45.6 Å². The maximum absolute atomic E-state index is 13.6. The third-order valence-electron chi connectivity index (χ3n) is 6.20. The predicted molar refractivity (Wildman–Crippen MR) is 123 cm³/mol. The van der Waals surface area contributed by atoms with E-state index in [2.05, 4.69) is 0 Å². The fraction of sp³-hybridized carbons (Fsp3) is 0.636. The maximum Gasteiger partial charge on any atom is 0.453 e. The lowest BCUT2D eigenvalue weighted by Gasteiger charge is -2.33. The van der Waals surface area contributed by atoms with E-state index >= 15 is 0 Å². The number of halogens is 8. The first-order valence-electron chi connectivity index (χ1n) is 11.4. The first-order chi connectivity index (χ1) is 17.7. The van der Waals surface area contributed by atoms with Crippen LogP contribution in [0.5, 0.6) is 0 Å². The summed E-state index contributed by atoms with van der Waals surface area (Å²) >= 11 is -2.02. The first kappa shape index (κ1) is 32.5. The van der Waals surface area contributed by atoms with Crippen LogP contribution in [-0.4, -0.2) is 62.0 Å². The number of benzene rings is 1. The van der Waals surface area contributed by atoms with E-state index in [-0.39, 0.29) is 31.5 Å². The molecular weight excluding hydrogens is 570 g/mol. The van der Waals surface area contributed by atoms with E-state index in [0.29, 0.717) is 12.1 Å². The molecule has 1 aliphatic heterocycles. The number of amides is 3. The number of carbonyl (C=O) groups excluding carboxylic acids is 2. The molecular formula is C22H25F8N3O5S. The summed E-state index contributed by atoms with van der Waals surface area (Å²) in [6.07, 6.45) is -13.5. The van der Waals surface area contributed by atoms with Crippen molar-refractivity contribution in [3.63, 3.8) is 0 Å². The van der Waals surface area contributed by atoms with Gasteiger partial charge in [-0.15, -0.1) is 0 Å². The van der Waals surface area contributed by atoms with Gasteiger partial charge in [0.05, 0.1) is 4.92 Å². The summed E-state index contributed by atoms with van der Waals surface area (Å²) in [7, 11) is 0. The van der Waals surface area contributed by atoms with E-state index in [1.807, 2.05) is 5.32 Å². The van der Waals surface area contributed by atoms with Crippen molar-refractivity contribution in [1.29, 1.82) is 0 Å². The summed E-state index contributed by atoms with van der Waals surface area (Å²) < 4.78 is 116. The molecule has 1 saturated heterocycles. The molecule has 3 amide bonds. The van der Waals surface area contributed by atoms with Gasteiger partial charge in [0, 0.05) is 25.5 Å². The molecule has 220 valence electrons. The van der Waals surface area contributed by atoms with Crippen LogP contribution < -0.4 is 5.32 Å². The van der Waals surface area contributed by atoms with Gasteiger partial charge in [-0.1, -0.05) is 6.07 Å². The van der Waals surface area contributed by atoms with Crippen LogP contribution in [0.3, 0.4) is 0 Å². The Morgan fingerprint density at radius 1 is 1.10 bits per heavy atom. The molecule has 0 aliphatic carbocycles. The molecule has 2 atom stereocenters. The molecule has 1 fully saturated rings. The standard InChI is InChI=1S/C22H25F8N3O5S/c1-19(2,39(38)9-3-7-20(23,24)22(28,29)30)11-14(6-8-32-12-17(34)31-18(32)35)13-4-5-16(33(36)37)15(10-13)21(25,26)27/h4-5,10,14H,3,6-9,11-12H2,1-2H3,(H,31,34,35). The Labute approximate surface area is 220 Å². The molecule has 8 nitrogen and oxygen atoms in total. The van der Waals surface area contributed by atoms with Crippen molar-refractivity contribution in [2.24, 2.45) is 0 Å². The molecule has 0 aromatic heterocycles. The van der Waals surface area contributed by atoms with Crippen molar-refractivity contribution in [1.82, 2.24) is 10.2 Å². The molecule has 1 aromatic carbocycles. The minimum atomic E-state index is -5.77. The zero-order valence-corrected chi connectivity index (χ0v) is 21.4. The molecule has 0 radical (unpaired) electrons. The van der Waals surface area contributed by atoms with Crippen molar-refractivity contribution >= 4 is 28.8 Å². The number of nitrogens with zero attached hydrogens (tertiary/aromatic N) is 2. The van der Waals surface area contributed by atoms with Crippen LogP contribution >= 0.6 is 0 Å². The second-order valence-electron chi connectivity index (χ2n) is 9.61. The second-order valence-corrected chi connectivity index (χ2v) is 11.8. The number of rotatable bonds is 12. The largest absolute Gasteiger partial charge is 0.616 e. The topological polar surface area (TPSA) is 116 Å². The summed E-state index contributed by atoms with van der Waals surface area (Å²) in [5.41, 5.74) is -2.81. The van der Waals surface area contributed by atoms with Crippen LogP contribution in [0, 0.1) is 10.1 Å². The summed E-state index contributed by atoms with van der Waals surface area (Å²) in [5.74, 6) is -7.07. The van der Waals surface area contributed by atoms with Crippen molar-refractivity contribution in [2.75, 3.05) is 18.8 Å². The normalized spacial score (nSPS) is 16.8. The van der Waals surface area contributed by atoms with Gasteiger partial charge in [0.1, 0.15) is 22.6 Å². The maximum atomic E-state index is 13.6. The minimum Gasteiger partial charge on any atom is -0.616 e. The number of nitro groups is 1. The average Bonchev–Trinajstić information content (AvgIpc) is 3.11. The second kappa shape index (κ2) is 11.8. The number of carbonyl (C=O) groups is 2. The van der Waals surface area contributed by atoms with E-state index in [1.165, 1.54) is 13.8 Å². The summed E-state index contributed by atoms with van der Waals surface area (Å²) in [6.45, 7) is 2.32. The third kappa shape index (κ3) is 8.40. The fourth-order valence-corrected chi connectivity index (χ4v) is 5.43. The zero-order valence-electron chi connectivity index (χ0n) is 20.6. The number of nitrogens with one attached hydrogen (secondary N) is 1. The quantitative estimate of drug-likeness (QED) is 0.112. The fourth-order valence-electron chi connectivity index (χ4n) is 4.09. The smallest absolute Gasteiger partial charge is 0.453 e. The molecule has 2 rings (SSSR count). The number of imide groups is 1. The van der Waals surface area contributed by atoms with Gasteiger partial charge >= 0.3 is 24.3 Å². The molecule has 39 heavy (non-hydrogen) atoms. The van der Waals surface area contributed by atoms with E-state index < -0.39 is 86.8 Å². The predicted octanol–water partition coefficient (Wildman–Crippen LogP) is 5.53. The molecule has 1 heterocycles. The first-order valence-corrected chi connectivity index (χ1v) is 12.7. The van der Waals surface area contributed by atoms with Crippen molar-refractivity contribution in [3.8, 4) is 0 Å². The number of urea groups is 1. The van der Waals surface area contributed by atoms with Crippen LogP contribution in [-0.2, 0) is 22.1 Å². The molecule has 1 N–H and O–H groups in total. The summed E-state index contributed by atoms with van der Waals surface area (Å²) in [4.78, 5) is 34.3. The highest BCUT2D eigenvalue weighted by molar-refractivity contribution is 7.92. The zero-order chi connectivity index (χ0) is 30.0.